The fourth-order valence-corrected chi connectivity index (χ4v) is 3.17. The summed E-state index contributed by atoms with van der Waals surface area (Å²) in [5, 5.41) is 14.5. The van der Waals surface area contributed by atoms with Crippen molar-refractivity contribution in [2.24, 2.45) is 4.99 Å². The van der Waals surface area contributed by atoms with Gasteiger partial charge in [-0.3, -0.25) is 15.0 Å². The topological polar surface area (TPSA) is 85.6 Å². The minimum atomic E-state index is 0. The summed E-state index contributed by atoms with van der Waals surface area (Å²) in [6.07, 6.45) is 5.59. The molecule has 1 saturated heterocycles. The van der Waals surface area contributed by atoms with Crippen LogP contribution in [-0.4, -0.2) is 70.4 Å². The van der Waals surface area contributed by atoms with E-state index in [-0.39, 0.29) is 24.0 Å². The number of aromatic nitrogens is 3. The highest BCUT2D eigenvalue weighted by molar-refractivity contribution is 14.0. The molecule has 0 spiro atoms. The van der Waals surface area contributed by atoms with Gasteiger partial charge in [0.1, 0.15) is 6.26 Å². The number of aryl methyl sites for hydroxylation is 2. The Morgan fingerprint density at radius 1 is 1.33 bits per heavy atom. The van der Waals surface area contributed by atoms with Gasteiger partial charge in [0.15, 0.2) is 5.96 Å². The number of rotatable bonds is 7. The summed E-state index contributed by atoms with van der Waals surface area (Å²) < 4.78 is 4.91. The average molecular weight is 487 g/mol. The molecule has 0 atom stereocenters. The summed E-state index contributed by atoms with van der Waals surface area (Å²) in [5.74, 6) is 1.03. The molecule has 0 aliphatic carbocycles. The molecule has 0 unspecified atom stereocenters. The molecule has 2 aromatic rings. The van der Waals surface area contributed by atoms with Crippen molar-refractivity contribution in [2.45, 2.75) is 33.2 Å². The number of H-pyrrole nitrogens is 1. The predicted molar refractivity (Wildman–Crippen MR) is 116 cm³/mol. The normalized spacial score (nSPS) is 15.6. The molecule has 150 valence electrons. The van der Waals surface area contributed by atoms with Gasteiger partial charge in [0.2, 0.25) is 0 Å². The number of nitrogens with zero attached hydrogens (tertiary/aromatic N) is 5. The smallest absolute Gasteiger partial charge is 0.194 e. The van der Waals surface area contributed by atoms with Crippen molar-refractivity contribution >= 4 is 29.9 Å². The van der Waals surface area contributed by atoms with E-state index >= 15 is 0 Å². The molecule has 3 heterocycles. The standard InChI is InChI=1S/C18H29N7O.HI/c1-3-19-18(20-7-4-5-16-13-21-22-15(16)2)25-10-8-24(9-11-25)14-17-6-12-26-23-17;/h6,12-13H,3-5,7-11,14H2,1-2H3,(H,19,20)(H,21,22);1H. The zero-order valence-corrected chi connectivity index (χ0v) is 18.5. The summed E-state index contributed by atoms with van der Waals surface area (Å²) in [5.41, 5.74) is 3.43. The van der Waals surface area contributed by atoms with E-state index in [0.29, 0.717) is 0 Å². The van der Waals surface area contributed by atoms with Crippen LogP contribution in [0, 0.1) is 6.92 Å². The average Bonchev–Trinajstić information content (AvgIpc) is 3.30. The van der Waals surface area contributed by atoms with E-state index in [4.69, 9.17) is 9.52 Å². The first kappa shape index (κ1) is 21.7. The van der Waals surface area contributed by atoms with Gasteiger partial charge in [-0.1, -0.05) is 5.16 Å². The third-order valence-electron chi connectivity index (χ3n) is 4.68. The van der Waals surface area contributed by atoms with E-state index in [1.54, 1.807) is 6.26 Å². The van der Waals surface area contributed by atoms with E-state index in [0.717, 1.165) is 76.0 Å². The summed E-state index contributed by atoms with van der Waals surface area (Å²) in [7, 11) is 0. The van der Waals surface area contributed by atoms with Gasteiger partial charge in [-0.25, -0.2) is 0 Å². The third-order valence-corrected chi connectivity index (χ3v) is 4.68. The lowest BCUT2D eigenvalue weighted by atomic mass is 10.1. The van der Waals surface area contributed by atoms with E-state index < -0.39 is 0 Å². The second kappa shape index (κ2) is 11.3. The Bertz CT molecular complexity index is 678. The summed E-state index contributed by atoms with van der Waals surface area (Å²) in [4.78, 5) is 9.58. The molecular weight excluding hydrogens is 457 g/mol. The Kier molecular flexibility index (Phi) is 9.05. The molecule has 0 bridgehead atoms. The number of aliphatic imine (C=N–C) groups is 1. The minimum Gasteiger partial charge on any atom is -0.364 e. The first-order chi connectivity index (χ1) is 12.8. The van der Waals surface area contributed by atoms with Gasteiger partial charge in [0, 0.05) is 57.6 Å². The van der Waals surface area contributed by atoms with Crippen LogP contribution < -0.4 is 5.32 Å². The monoisotopic (exact) mass is 487 g/mol. The van der Waals surface area contributed by atoms with Crippen molar-refractivity contribution < 1.29 is 4.52 Å². The molecule has 27 heavy (non-hydrogen) atoms. The van der Waals surface area contributed by atoms with E-state index in [2.05, 4.69) is 44.3 Å². The first-order valence-electron chi connectivity index (χ1n) is 9.40. The van der Waals surface area contributed by atoms with Crippen LogP contribution in [0.4, 0.5) is 0 Å². The molecule has 2 aromatic heterocycles. The van der Waals surface area contributed by atoms with E-state index in [1.807, 2.05) is 12.3 Å². The van der Waals surface area contributed by atoms with Gasteiger partial charge < -0.3 is 14.7 Å². The van der Waals surface area contributed by atoms with E-state index in [1.165, 1.54) is 5.56 Å². The minimum absolute atomic E-state index is 0. The predicted octanol–water partition coefficient (Wildman–Crippen LogP) is 2.04. The second-order valence-electron chi connectivity index (χ2n) is 6.61. The fraction of sp³-hybridized carbons (Fsp3) is 0.611. The van der Waals surface area contributed by atoms with Gasteiger partial charge in [-0.2, -0.15) is 5.10 Å². The molecule has 2 N–H and O–H groups in total. The van der Waals surface area contributed by atoms with E-state index in [9.17, 15) is 0 Å². The quantitative estimate of drug-likeness (QED) is 0.269. The molecule has 0 radical (unpaired) electrons. The molecule has 0 aromatic carbocycles. The third kappa shape index (κ3) is 6.49. The maximum absolute atomic E-state index is 4.91. The first-order valence-corrected chi connectivity index (χ1v) is 9.40. The van der Waals surface area contributed by atoms with Crippen molar-refractivity contribution in [1.29, 1.82) is 0 Å². The molecule has 1 fully saturated rings. The lowest BCUT2D eigenvalue weighted by molar-refractivity contribution is 0.169. The van der Waals surface area contributed by atoms with Crippen LogP contribution in [0.15, 0.2) is 28.0 Å². The molecule has 1 aliphatic rings. The number of hydrogen-bond donors (Lipinski definition) is 2. The number of hydrogen-bond acceptors (Lipinski definition) is 5. The van der Waals surface area contributed by atoms with Crippen molar-refractivity contribution in [3.63, 3.8) is 0 Å². The van der Waals surface area contributed by atoms with Gasteiger partial charge in [0.25, 0.3) is 0 Å². The number of aromatic amines is 1. The Hall–Kier alpha value is -1.62. The lowest BCUT2D eigenvalue weighted by Crippen LogP contribution is -2.52. The summed E-state index contributed by atoms with van der Waals surface area (Å²) >= 11 is 0. The lowest BCUT2D eigenvalue weighted by Gasteiger charge is -2.36. The second-order valence-corrected chi connectivity index (χ2v) is 6.61. The van der Waals surface area contributed by atoms with Crippen molar-refractivity contribution in [3.05, 3.63) is 35.5 Å². The van der Waals surface area contributed by atoms with Gasteiger partial charge >= 0.3 is 0 Å². The van der Waals surface area contributed by atoms with Crippen LogP contribution in [-0.2, 0) is 13.0 Å². The zero-order chi connectivity index (χ0) is 18.2. The van der Waals surface area contributed by atoms with Gasteiger partial charge in [-0.15, -0.1) is 24.0 Å². The number of nitrogens with one attached hydrogen (secondary N) is 2. The Morgan fingerprint density at radius 3 is 2.78 bits per heavy atom. The highest BCUT2D eigenvalue weighted by Crippen LogP contribution is 2.08. The Labute approximate surface area is 177 Å². The van der Waals surface area contributed by atoms with Crippen LogP contribution >= 0.6 is 24.0 Å². The maximum atomic E-state index is 4.91. The van der Waals surface area contributed by atoms with Crippen LogP contribution in [0.25, 0.3) is 0 Å². The Morgan fingerprint density at radius 2 is 2.15 bits per heavy atom. The molecule has 3 rings (SSSR count). The Balaban J connectivity index is 0.00000261. The summed E-state index contributed by atoms with van der Waals surface area (Å²) in [6, 6.07) is 1.93. The molecule has 1 aliphatic heterocycles. The molecule has 8 nitrogen and oxygen atoms in total. The largest absolute Gasteiger partial charge is 0.364 e. The zero-order valence-electron chi connectivity index (χ0n) is 16.1. The van der Waals surface area contributed by atoms with Gasteiger partial charge in [0.05, 0.1) is 11.9 Å². The summed E-state index contributed by atoms with van der Waals surface area (Å²) in [6.45, 7) is 10.7. The highest BCUT2D eigenvalue weighted by Gasteiger charge is 2.20. The maximum Gasteiger partial charge on any atom is 0.194 e. The van der Waals surface area contributed by atoms with Crippen molar-refractivity contribution in [3.8, 4) is 0 Å². The molecule has 0 saturated carbocycles. The van der Waals surface area contributed by atoms with Crippen LogP contribution in [0.5, 0.6) is 0 Å². The fourth-order valence-electron chi connectivity index (χ4n) is 3.17. The number of piperazine rings is 1. The van der Waals surface area contributed by atoms with Crippen molar-refractivity contribution in [1.82, 2.24) is 30.5 Å². The number of guanidine groups is 1. The highest BCUT2D eigenvalue weighted by atomic mass is 127. The van der Waals surface area contributed by atoms with Crippen LogP contribution in [0.3, 0.4) is 0 Å². The SMILES string of the molecule is CCNC(=NCCCc1cn[nH]c1C)N1CCN(Cc2ccon2)CC1.I. The molecule has 0 amide bonds. The van der Waals surface area contributed by atoms with Crippen LogP contribution in [0.1, 0.15) is 30.3 Å². The molecular formula is C18H30IN7O. The van der Waals surface area contributed by atoms with Crippen LogP contribution in [0.2, 0.25) is 0 Å². The van der Waals surface area contributed by atoms with Crippen molar-refractivity contribution in [2.75, 3.05) is 39.3 Å². The number of halogens is 1. The molecule has 9 heteroatoms. The van der Waals surface area contributed by atoms with Gasteiger partial charge in [-0.05, 0) is 32.3 Å².